The zero-order chi connectivity index (χ0) is 15.4. The van der Waals surface area contributed by atoms with Crippen LogP contribution >= 0.6 is 0 Å². The van der Waals surface area contributed by atoms with Crippen molar-refractivity contribution in [1.82, 2.24) is 10.0 Å². The van der Waals surface area contributed by atoms with Gasteiger partial charge >= 0.3 is 0 Å². The maximum Gasteiger partial charge on any atom is 0.243 e. The SMILES string of the molecule is O=C1CCCC(=O)N1N1CCC[C@H]1COCc1ccccc1. The van der Waals surface area contributed by atoms with Crippen molar-refractivity contribution in [2.75, 3.05) is 13.2 Å². The van der Waals surface area contributed by atoms with Crippen molar-refractivity contribution in [2.24, 2.45) is 0 Å². The molecule has 1 atom stereocenters. The average Bonchev–Trinajstić information content (AvgIpc) is 2.96. The van der Waals surface area contributed by atoms with Gasteiger partial charge in [0.05, 0.1) is 19.3 Å². The van der Waals surface area contributed by atoms with Crippen LogP contribution in [0.15, 0.2) is 30.3 Å². The zero-order valence-corrected chi connectivity index (χ0v) is 12.7. The number of ether oxygens (including phenoxy) is 1. The first-order valence-electron chi connectivity index (χ1n) is 8.00. The number of carbonyl (C=O) groups is 2. The van der Waals surface area contributed by atoms with Crippen LogP contribution in [0, 0.1) is 0 Å². The van der Waals surface area contributed by atoms with Crippen molar-refractivity contribution in [3.05, 3.63) is 35.9 Å². The van der Waals surface area contributed by atoms with E-state index in [1.165, 1.54) is 5.01 Å². The van der Waals surface area contributed by atoms with Gasteiger partial charge in [-0.1, -0.05) is 30.3 Å². The number of carbonyl (C=O) groups excluding carboxylic acids is 2. The number of hydrazine groups is 1. The molecule has 0 aliphatic carbocycles. The first-order chi connectivity index (χ1) is 10.8. The largest absolute Gasteiger partial charge is 0.375 e. The molecule has 3 rings (SSSR count). The molecule has 0 N–H and O–H groups in total. The highest BCUT2D eigenvalue weighted by atomic mass is 16.5. The topological polar surface area (TPSA) is 49.9 Å². The minimum absolute atomic E-state index is 0.0637. The van der Waals surface area contributed by atoms with E-state index in [9.17, 15) is 9.59 Å². The molecule has 2 aliphatic rings. The predicted molar refractivity (Wildman–Crippen MR) is 81.5 cm³/mol. The molecule has 118 valence electrons. The Morgan fingerprint density at radius 1 is 1.05 bits per heavy atom. The smallest absolute Gasteiger partial charge is 0.243 e. The highest BCUT2D eigenvalue weighted by Gasteiger charge is 2.37. The van der Waals surface area contributed by atoms with Gasteiger partial charge in [-0.15, -0.1) is 0 Å². The molecule has 1 aromatic carbocycles. The van der Waals surface area contributed by atoms with Gasteiger partial charge in [0.25, 0.3) is 0 Å². The summed E-state index contributed by atoms with van der Waals surface area (Å²) in [4.78, 5) is 24.1. The summed E-state index contributed by atoms with van der Waals surface area (Å²) in [7, 11) is 0. The van der Waals surface area contributed by atoms with Gasteiger partial charge in [-0.2, -0.15) is 0 Å². The monoisotopic (exact) mass is 302 g/mol. The molecule has 2 amide bonds. The van der Waals surface area contributed by atoms with E-state index in [0.29, 0.717) is 32.5 Å². The minimum atomic E-state index is -0.0637. The summed E-state index contributed by atoms with van der Waals surface area (Å²) in [5.74, 6) is -0.127. The van der Waals surface area contributed by atoms with Crippen molar-refractivity contribution in [1.29, 1.82) is 0 Å². The molecular formula is C17H22N2O3. The Morgan fingerprint density at radius 3 is 2.50 bits per heavy atom. The Balaban J connectivity index is 1.56. The second-order valence-electron chi connectivity index (χ2n) is 5.91. The molecule has 22 heavy (non-hydrogen) atoms. The van der Waals surface area contributed by atoms with Crippen LogP contribution in [0.3, 0.4) is 0 Å². The summed E-state index contributed by atoms with van der Waals surface area (Å²) in [5.41, 5.74) is 1.14. The van der Waals surface area contributed by atoms with Gasteiger partial charge in [0.2, 0.25) is 11.8 Å². The Bertz CT molecular complexity index is 516. The Kier molecular flexibility index (Phi) is 4.85. The lowest BCUT2D eigenvalue weighted by Gasteiger charge is -2.36. The Morgan fingerprint density at radius 2 is 1.77 bits per heavy atom. The van der Waals surface area contributed by atoms with Crippen LogP contribution in [-0.4, -0.2) is 41.0 Å². The highest BCUT2D eigenvalue weighted by Crippen LogP contribution is 2.24. The zero-order valence-electron chi connectivity index (χ0n) is 12.7. The number of imide groups is 1. The number of hydrogen-bond acceptors (Lipinski definition) is 4. The van der Waals surface area contributed by atoms with Gasteiger partial charge in [0.1, 0.15) is 0 Å². The third-order valence-electron chi connectivity index (χ3n) is 4.28. The van der Waals surface area contributed by atoms with Crippen molar-refractivity contribution in [3.8, 4) is 0 Å². The molecule has 0 spiro atoms. The van der Waals surface area contributed by atoms with Gasteiger partial charge < -0.3 is 4.74 Å². The van der Waals surface area contributed by atoms with E-state index in [4.69, 9.17) is 4.74 Å². The van der Waals surface area contributed by atoms with Crippen molar-refractivity contribution in [2.45, 2.75) is 44.8 Å². The van der Waals surface area contributed by atoms with Crippen molar-refractivity contribution in [3.63, 3.8) is 0 Å². The normalized spacial score (nSPS) is 23.3. The molecule has 2 heterocycles. The highest BCUT2D eigenvalue weighted by molar-refractivity contribution is 5.96. The van der Waals surface area contributed by atoms with Gasteiger partial charge in [-0.25, -0.2) is 10.0 Å². The van der Waals surface area contributed by atoms with Gasteiger partial charge in [0.15, 0.2) is 0 Å². The van der Waals surface area contributed by atoms with Crippen molar-refractivity contribution < 1.29 is 14.3 Å². The molecule has 0 saturated carbocycles. The molecular weight excluding hydrogens is 280 g/mol. The molecule has 0 radical (unpaired) electrons. The first kappa shape index (κ1) is 15.2. The fourth-order valence-corrected chi connectivity index (χ4v) is 3.17. The number of benzene rings is 1. The summed E-state index contributed by atoms with van der Waals surface area (Å²) in [6.07, 6.45) is 3.58. The summed E-state index contributed by atoms with van der Waals surface area (Å²) in [6.45, 7) is 1.87. The second kappa shape index (κ2) is 7.03. The molecule has 0 bridgehead atoms. The van der Waals surface area contributed by atoms with Crippen molar-refractivity contribution >= 4 is 11.8 Å². The summed E-state index contributed by atoms with van der Waals surface area (Å²) < 4.78 is 5.80. The second-order valence-corrected chi connectivity index (χ2v) is 5.91. The maximum atomic E-state index is 12.1. The van der Waals surface area contributed by atoms with E-state index in [1.807, 2.05) is 35.3 Å². The molecule has 1 aromatic rings. The lowest BCUT2D eigenvalue weighted by molar-refractivity contribution is -0.171. The fraction of sp³-hybridized carbons (Fsp3) is 0.529. The van der Waals surface area contributed by atoms with Gasteiger partial charge in [-0.3, -0.25) is 9.59 Å². The third-order valence-corrected chi connectivity index (χ3v) is 4.28. The van der Waals surface area contributed by atoms with Gasteiger partial charge in [-0.05, 0) is 24.8 Å². The van der Waals surface area contributed by atoms with Crippen LogP contribution in [0.2, 0.25) is 0 Å². The minimum Gasteiger partial charge on any atom is -0.375 e. The van der Waals surface area contributed by atoms with Crippen LogP contribution in [-0.2, 0) is 20.9 Å². The Hall–Kier alpha value is -1.72. The van der Waals surface area contributed by atoms with E-state index in [1.54, 1.807) is 0 Å². The number of rotatable bonds is 5. The number of amides is 2. The maximum absolute atomic E-state index is 12.1. The van der Waals surface area contributed by atoms with Crippen LogP contribution in [0.4, 0.5) is 0 Å². The van der Waals surface area contributed by atoms with E-state index in [2.05, 4.69) is 0 Å². The number of nitrogens with zero attached hydrogens (tertiary/aromatic N) is 2. The summed E-state index contributed by atoms with van der Waals surface area (Å²) in [5, 5.41) is 3.31. The molecule has 0 unspecified atom stereocenters. The number of hydrogen-bond donors (Lipinski definition) is 0. The molecule has 2 aliphatic heterocycles. The molecule has 2 fully saturated rings. The fourth-order valence-electron chi connectivity index (χ4n) is 3.17. The van der Waals surface area contributed by atoms with Crippen LogP contribution < -0.4 is 0 Å². The molecule has 5 nitrogen and oxygen atoms in total. The lowest BCUT2D eigenvalue weighted by atomic mass is 10.1. The van der Waals surface area contributed by atoms with Gasteiger partial charge in [0, 0.05) is 19.4 Å². The van der Waals surface area contributed by atoms with Crippen LogP contribution in [0.5, 0.6) is 0 Å². The third kappa shape index (κ3) is 3.36. The summed E-state index contributed by atoms with van der Waals surface area (Å²) >= 11 is 0. The quantitative estimate of drug-likeness (QED) is 0.782. The van der Waals surface area contributed by atoms with Crippen LogP contribution in [0.1, 0.15) is 37.7 Å². The van der Waals surface area contributed by atoms with E-state index in [0.717, 1.165) is 24.9 Å². The standard InChI is InChI=1S/C17H22N2O3/c20-16-9-4-10-17(21)19(16)18-11-5-8-15(18)13-22-12-14-6-2-1-3-7-14/h1-3,6-7,15H,4-5,8-13H2/t15-/m0/s1. The van der Waals surface area contributed by atoms with E-state index >= 15 is 0 Å². The van der Waals surface area contributed by atoms with E-state index in [-0.39, 0.29) is 17.9 Å². The first-order valence-corrected chi connectivity index (χ1v) is 8.00. The van der Waals surface area contributed by atoms with E-state index < -0.39 is 0 Å². The molecule has 2 saturated heterocycles. The molecule has 5 heteroatoms. The average molecular weight is 302 g/mol. The lowest BCUT2D eigenvalue weighted by Crippen LogP contribution is -2.54. The Labute approximate surface area is 130 Å². The van der Waals surface area contributed by atoms with Crippen LogP contribution in [0.25, 0.3) is 0 Å². The molecule has 0 aromatic heterocycles. The number of piperidine rings is 1. The summed E-state index contributed by atoms with van der Waals surface area (Å²) in [6, 6.07) is 10.1. The predicted octanol–water partition coefficient (Wildman–Crippen LogP) is 2.12.